The smallest absolute Gasteiger partial charge is 0.211 e. The zero-order chi connectivity index (χ0) is 25.2. The lowest BCUT2D eigenvalue weighted by Crippen LogP contribution is -2.08. The Morgan fingerprint density at radius 1 is 0.886 bits per heavy atom. The molecule has 4 aromatic rings. The second-order valence-corrected chi connectivity index (χ2v) is 10.6. The Morgan fingerprint density at radius 2 is 1.46 bits per heavy atom. The van der Waals surface area contributed by atoms with Crippen molar-refractivity contribution in [3.63, 3.8) is 0 Å². The molecule has 0 bridgehead atoms. The number of thiophene rings is 1. The lowest BCUT2D eigenvalue weighted by atomic mass is 10.1. The van der Waals surface area contributed by atoms with Gasteiger partial charge in [0.2, 0.25) is 15.6 Å². The second-order valence-electron chi connectivity index (χ2n) is 7.68. The van der Waals surface area contributed by atoms with Crippen LogP contribution in [0.1, 0.15) is 20.8 Å². The third-order valence-electron chi connectivity index (χ3n) is 5.49. The van der Waals surface area contributed by atoms with Crippen LogP contribution in [0.25, 0.3) is 0 Å². The molecular weight excluding hydrogens is 484 g/mol. The summed E-state index contributed by atoms with van der Waals surface area (Å²) in [4.78, 5) is 13.4. The van der Waals surface area contributed by atoms with Crippen LogP contribution in [0, 0.1) is 6.92 Å². The van der Waals surface area contributed by atoms with E-state index >= 15 is 0 Å². The zero-order valence-electron chi connectivity index (χ0n) is 19.4. The van der Waals surface area contributed by atoms with Crippen molar-refractivity contribution in [1.29, 1.82) is 0 Å². The summed E-state index contributed by atoms with van der Waals surface area (Å²) in [6.45, 7) is 1.90. The first kappa shape index (κ1) is 24.3. The molecule has 1 aromatic heterocycles. The van der Waals surface area contributed by atoms with Crippen molar-refractivity contribution in [2.45, 2.75) is 16.7 Å². The molecule has 0 saturated carbocycles. The summed E-state index contributed by atoms with van der Waals surface area (Å²) >= 11 is 1.01. The molecule has 35 heavy (non-hydrogen) atoms. The van der Waals surface area contributed by atoms with Gasteiger partial charge < -0.3 is 20.5 Å². The Labute approximate surface area is 208 Å². The van der Waals surface area contributed by atoms with E-state index in [2.05, 4.69) is 5.32 Å². The number of sulfone groups is 1. The van der Waals surface area contributed by atoms with Gasteiger partial charge in [-0.3, -0.25) is 4.79 Å². The summed E-state index contributed by atoms with van der Waals surface area (Å²) in [5, 5.41) is 3.46. The Kier molecular flexibility index (Phi) is 6.81. The number of hydrogen-bond acceptors (Lipinski definition) is 8. The van der Waals surface area contributed by atoms with Crippen LogP contribution in [0.5, 0.6) is 11.5 Å². The summed E-state index contributed by atoms with van der Waals surface area (Å²) < 4.78 is 37.8. The Hall–Kier alpha value is -3.82. The summed E-state index contributed by atoms with van der Waals surface area (Å²) in [5.41, 5.74) is 8.29. The number of benzene rings is 3. The van der Waals surface area contributed by atoms with Crippen LogP contribution in [0.15, 0.2) is 82.6 Å². The fraction of sp³-hybridized carbons (Fsp3) is 0.115. The van der Waals surface area contributed by atoms with Crippen LogP contribution in [0.3, 0.4) is 0 Å². The average Bonchev–Trinajstić information content (AvgIpc) is 3.21. The van der Waals surface area contributed by atoms with E-state index in [9.17, 15) is 13.2 Å². The van der Waals surface area contributed by atoms with E-state index in [1.807, 2.05) is 31.2 Å². The minimum atomic E-state index is -4.07. The average molecular weight is 509 g/mol. The van der Waals surface area contributed by atoms with Crippen LogP contribution in [0.2, 0.25) is 0 Å². The number of aryl methyl sites for hydroxylation is 1. The summed E-state index contributed by atoms with van der Waals surface area (Å²) in [6, 6.07) is 20.1. The molecule has 0 unspecified atom stereocenters. The Balaban J connectivity index is 1.86. The lowest BCUT2D eigenvalue weighted by Gasteiger charge is -2.11. The number of hydrogen-bond donors (Lipinski definition) is 2. The quantitative estimate of drug-likeness (QED) is 0.304. The van der Waals surface area contributed by atoms with Gasteiger partial charge in [0, 0.05) is 11.3 Å². The standard InChI is InChI=1S/C26H24N2O5S2/c1-16-6-4-5-7-21(16)28-26-25(35(30,31)20-14-12-19(33-3)13-15-20)22(27)24(34-26)23(29)17-8-10-18(32-2)11-9-17/h4-15,28H,27H2,1-3H3. The van der Waals surface area contributed by atoms with Gasteiger partial charge in [0.05, 0.1) is 24.8 Å². The summed E-state index contributed by atoms with van der Waals surface area (Å²) in [5.74, 6) is 0.750. The van der Waals surface area contributed by atoms with E-state index < -0.39 is 9.84 Å². The molecule has 180 valence electrons. The number of nitrogen functional groups attached to an aromatic ring is 1. The van der Waals surface area contributed by atoms with Gasteiger partial charge in [-0.2, -0.15) is 0 Å². The van der Waals surface area contributed by atoms with Crippen LogP contribution >= 0.6 is 11.3 Å². The first-order valence-corrected chi connectivity index (χ1v) is 12.9. The summed E-state index contributed by atoms with van der Waals surface area (Å²) in [7, 11) is -1.03. The van der Waals surface area contributed by atoms with Crippen molar-refractivity contribution in [1.82, 2.24) is 0 Å². The number of nitrogens with one attached hydrogen (secondary N) is 1. The first-order valence-electron chi connectivity index (χ1n) is 10.6. The molecule has 0 amide bonds. The predicted molar refractivity (Wildman–Crippen MR) is 138 cm³/mol. The van der Waals surface area contributed by atoms with Crippen LogP contribution in [0.4, 0.5) is 16.4 Å². The van der Waals surface area contributed by atoms with E-state index in [1.54, 1.807) is 36.4 Å². The van der Waals surface area contributed by atoms with Gasteiger partial charge in [-0.05, 0) is 67.1 Å². The maximum Gasteiger partial charge on any atom is 0.211 e. The third-order valence-corrected chi connectivity index (χ3v) is 8.59. The molecule has 3 aromatic carbocycles. The molecule has 0 spiro atoms. The first-order chi connectivity index (χ1) is 16.8. The van der Waals surface area contributed by atoms with Crippen molar-refractivity contribution >= 4 is 43.3 Å². The van der Waals surface area contributed by atoms with E-state index in [0.717, 1.165) is 16.9 Å². The number of para-hydroxylation sites is 1. The largest absolute Gasteiger partial charge is 0.497 e. The number of ketones is 1. The molecule has 0 aliphatic carbocycles. The number of carbonyl (C=O) groups excluding carboxylic acids is 1. The van der Waals surface area contributed by atoms with Crippen LogP contribution in [-0.4, -0.2) is 28.4 Å². The van der Waals surface area contributed by atoms with E-state index in [1.165, 1.54) is 26.4 Å². The highest BCUT2D eigenvalue weighted by molar-refractivity contribution is 7.92. The van der Waals surface area contributed by atoms with Gasteiger partial charge >= 0.3 is 0 Å². The van der Waals surface area contributed by atoms with E-state index in [-0.39, 0.29) is 31.1 Å². The molecule has 0 aliphatic heterocycles. The number of anilines is 3. The van der Waals surface area contributed by atoms with Gasteiger partial charge in [0.25, 0.3) is 0 Å². The topological polar surface area (TPSA) is 108 Å². The summed E-state index contributed by atoms with van der Waals surface area (Å²) in [6.07, 6.45) is 0. The number of carbonyl (C=O) groups is 1. The van der Waals surface area contributed by atoms with Crippen molar-refractivity contribution in [3.8, 4) is 11.5 Å². The maximum atomic E-state index is 13.7. The Bertz CT molecular complexity index is 1480. The molecule has 3 N–H and O–H groups in total. The van der Waals surface area contributed by atoms with Crippen molar-refractivity contribution in [2.75, 3.05) is 25.3 Å². The molecule has 4 rings (SSSR count). The molecule has 0 fully saturated rings. The van der Waals surface area contributed by atoms with Gasteiger partial charge in [-0.25, -0.2) is 8.42 Å². The number of rotatable bonds is 8. The molecular formula is C26H24N2O5S2. The second kappa shape index (κ2) is 9.81. The molecule has 0 saturated heterocycles. The van der Waals surface area contributed by atoms with Crippen LogP contribution < -0.4 is 20.5 Å². The van der Waals surface area contributed by atoms with Crippen molar-refractivity contribution in [2.24, 2.45) is 0 Å². The normalized spacial score (nSPS) is 11.2. The van der Waals surface area contributed by atoms with Gasteiger partial charge in [0.1, 0.15) is 26.3 Å². The fourth-order valence-electron chi connectivity index (χ4n) is 3.53. The van der Waals surface area contributed by atoms with Crippen molar-refractivity contribution < 1.29 is 22.7 Å². The monoisotopic (exact) mass is 508 g/mol. The maximum absolute atomic E-state index is 13.7. The lowest BCUT2D eigenvalue weighted by molar-refractivity contribution is 0.104. The van der Waals surface area contributed by atoms with Gasteiger partial charge in [-0.1, -0.05) is 18.2 Å². The number of methoxy groups -OCH3 is 2. The predicted octanol–water partition coefficient (Wildman–Crippen LogP) is 5.46. The zero-order valence-corrected chi connectivity index (χ0v) is 21.0. The number of nitrogens with two attached hydrogens (primary N) is 1. The fourth-order valence-corrected chi connectivity index (χ4v) is 6.45. The highest BCUT2D eigenvalue weighted by atomic mass is 32.2. The van der Waals surface area contributed by atoms with Crippen LogP contribution in [-0.2, 0) is 9.84 Å². The molecule has 0 radical (unpaired) electrons. The van der Waals surface area contributed by atoms with E-state index in [0.29, 0.717) is 22.7 Å². The van der Waals surface area contributed by atoms with Gasteiger partial charge in [0.15, 0.2) is 0 Å². The highest BCUT2D eigenvalue weighted by Crippen LogP contribution is 2.44. The molecule has 0 atom stereocenters. The van der Waals surface area contributed by atoms with E-state index in [4.69, 9.17) is 15.2 Å². The molecule has 1 heterocycles. The minimum Gasteiger partial charge on any atom is -0.497 e. The third kappa shape index (κ3) is 4.73. The Morgan fingerprint density at radius 3 is 2.03 bits per heavy atom. The highest BCUT2D eigenvalue weighted by Gasteiger charge is 2.32. The van der Waals surface area contributed by atoms with Gasteiger partial charge in [-0.15, -0.1) is 11.3 Å². The number of ether oxygens (including phenoxy) is 2. The molecule has 7 nitrogen and oxygen atoms in total. The SMILES string of the molecule is COc1ccc(C(=O)c2sc(Nc3ccccc3C)c(S(=O)(=O)c3ccc(OC)cc3)c2N)cc1. The van der Waals surface area contributed by atoms with Crippen molar-refractivity contribution in [3.05, 3.63) is 88.8 Å². The molecule has 9 heteroatoms. The minimum absolute atomic E-state index is 0.0408. The molecule has 0 aliphatic rings.